The number of methoxy groups -OCH3 is 2. The molecule has 8 heteroatoms. The van der Waals surface area contributed by atoms with Gasteiger partial charge in [-0.1, -0.05) is 24.3 Å². The summed E-state index contributed by atoms with van der Waals surface area (Å²) in [7, 11) is 3.26. The van der Waals surface area contributed by atoms with Gasteiger partial charge in [0.25, 0.3) is 0 Å². The fourth-order valence-electron chi connectivity index (χ4n) is 2.85. The standard InChI is InChI=1S/C20H18N6O2/c1-27-16-8-5-7-15(10-16)26-20-17(12-24-26)19(21-13-22-20)25-23-11-14-6-3-4-9-18(14)28-2/h3-10,12-13H,11H2,1-2H3. The van der Waals surface area contributed by atoms with Crippen LogP contribution in [-0.2, 0) is 6.54 Å². The third-order valence-electron chi connectivity index (χ3n) is 4.24. The van der Waals surface area contributed by atoms with Gasteiger partial charge in [0.2, 0.25) is 0 Å². The molecule has 2 aromatic carbocycles. The van der Waals surface area contributed by atoms with Crippen LogP contribution in [0, 0.1) is 0 Å². The van der Waals surface area contributed by atoms with Gasteiger partial charge in [0.05, 0.1) is 38.0 Å². The number of aromatic nitrogens is 4. The first kappa shape index (κ1) is 17.6. The van der Waals surface area contributed by atoms with Crippen LogP contribution >= 0.6 is 0 Å². The van der Waals surface area contributed by atoms with E-state index >= 15 is 0 Å². The summed E-state index contributed by atoms with van der Waals surface area (Å²) in [5.41, 5.74) is 2.44. The van der Waals surface area contributed by atoms with Crippen molar-refractivity contribution in [3.63, 3.8) is 0 Å². The SMILES string of the molecule is COc1cccc(-n2ncc3c(N=NCc4ccccc4OC)ncnc32)c1. The van der Waals surface area contributed by atoms with Crippen molar-refractivity contribution in [3.8, 4) is 17.2 Å². The van der Waals surface area contributed by atoms with Crippen molar-refractivity contribution >= 4 is 16.9 Å². The molecular weight excluding hydrogens is 356 g/mol. The topological polar surface area (TPSA) is 86.8 Å². The van der Waals surface area contributed by atoms with Crippen molar-refractivity contribution in [2.24, 2.45) is 10.2 Å². The zero-order valence-corrected chi connectivity index (χ0v) is 15.5. The van der Waals surface area contributed by atoms with Gasteiger partial charge in [0.1, 0.15) is 17.8 Å². The van der Waals surface area contributed by atoms with Gasteiger partial charge in [-0.3, -0.25) is 0 Å². The molecule has 0 saturated heterocycles. The van der Waals surface area contributed by atoms with Gasteiger partial charge in [0, 0.05) is 11.6 Å². The smallest absolute Gasteiger partial charge is 0.188 e. The molecule has 4 aromatic rings. The van der Waals surface area contributed by atoms with Gasteiger partial charge in [-0.15, -0.1) is 5.11 Å². The number of para-hydroxylation sites is 1. The van der Waals surface area contributed by atoms with Crippen molar-refractivity contribution < 1.29 is 9.47 Å². The Bertz CT molecular complexity index is 1140. The van der Waals surface area contributed by atoms with Gasteiger partial charge >= 0.3 is 0 Å². The second kappa shape index (κ2) is 7.83. The molecule has 0 atom stereocenters. The van der Waals surface area contributed by atoms with Crippen LogP contribution in [-0.4, -0.2) is 34.0 Å². The van der Waals surface area contributed by atoms with Crippen molar-refractivity contribution in [1.29, 1.82) is 0 Å². The molecule has 0 aliphatic heterocycles. The van der Waals surface area contributed by atoms with E-state index in [-0.39, 0.29) is 0 Å². The quantitative estimate of drug-likeness (QED) is 0.474. The fourth-order valence-corrected chi connectivity index (χ4v) is 2.85. The lowest BCUT2D eigenvalue weighted by atomic mass is 10.2. The first-order valence-electron chi connectivity index (χ1n) is 8.62. The van der Waals surface area contributed by atoms with E-state index in [1.165, 1.54) is 6.33 Å². The Morgan fingerprint density at radius 1 is 1.00 bits per heavy atom. The van der Waals surface area contributed by atoms with Crippen molar-refractivity contribution in [1.82, 2.24) is 19.7 Å². The molecule has 0 N–H and O–H groups in total. The van der Waals surface area contributed by atoms with Crippen LogP contribution in [0.15, 0.2) is 71.3 Å². The molecule has 4 rings (SSSR count). The number of hydrogen-bond donors (Lipinski definition) is 0. The van der Waals surface area contributed by atoms with Gasteiger partial charge in [-0.25, -0.2) is 14.6 Å². The molecule has 0 amide bonds. The average molecular weight is 374 g/mol. The number of fused-ring (bicyclic) bond motifs is 1. The summed E-state index contributed by atoms with van der Waals surface area (Å²) in [5, 5.41) is 13.7. The highest BCUT2D eigenvalue weighted by molar-refractivity contribution is 5.85. The molecule has 0 fully saturated rings. The average Bonchev–Trinajstić information content (AvgIpc) is 3.19. The Morgan fingerprint density at radius 2 is 1.89 bits per heavy atom. The summed E-state index contributed by atoms with van der Waals surface area (Å²) < 4.78 is 12.3. The Hall–Kier alpha value is -3.81. The van der Waals surface area contributed by atoms with Crippen LogP contribution in [0.5, 0.6) is 11.5 Å². The van der Waals surface area contributed by atoms with Crippen LogP contribution in [0.1, 0.15) is 5.56 Å². The van der Waals surface area contributed by atoms with E-state index in [0.29, 0.717) is 23.4 Å². The lowest BCUT2D eigenvalue weighted by Crippen LogP contribution is -1.98. The maximum absolute atomic E-state index is 5.34. The minimum atomic E-state index is 0.388. The predicted molar refractivity (Wildman–Crippen MR) is 104 cm³/mol. The fraction of sp³-hybridized carbons (Fsp3) is 0.150. The summed E-state index contributed by atoms with van der Waals surface area (Å²) in [6.45, 7) is 0.388. The zero-order chi connectivity index (χ0) is 19.3. The molecule has 28 heavy (non-hydrogen) atoms. The molecule has 0 unspecified atom stereocenters. The monoisotopic (exact) mass is 374 g/mol. The van der Waals surface area contributed by atoms with E-state index in [2.05, 4.69) is 25.3 Å². The van der Waals surface area contributed by atoms with Crippen molar-refractivity contribution in [2.75, 3.05) is 14.2 Å². The first-order chi connectivity index (χ1) is 13.8. The lowest BCUT2D eigenvalue weighted by Gasteiger charge is -2.05. The summed E-state index contributed by atoms with van der Waals surface area (Å²) in [6.07, 6.45) is 3.14. The maximum Gasteiger partial charge on any atom is 0.188 e. The molecule has 0 radical (unpaired) electrons. The normalized spacial score (nSPS) is 11.2. The molecule has 2 heterocycles. The lowest BCUT2D eigenvalue weighted by molar-refractivity contribution is 0.409. The number of hydrogen-bond acceptors (Lipinski definition) is 7. The summed E-state index contributed by atoms with van der Waals surface area (Å²) in [5.74, 6) is 1.99. The Balaban J connectivity index is 1.65. The third-order valence-corrected chi connectivity index (χ3v) is 4.24. The van der Waals surface area contributed by atoms with Crippen LogP contribution in [0.3, 0.4) is 0 Å². The highest BCUT2D eigenvalue weighted by Gasteiger charge is 2.11. The minimum absolute atomic E-state index is 0.388. The van der Waals surface area contributed by atoms with Gasteiger partial charge < -0.3 is 9.47 Å². The third kappa shape index (κ3) is 3.39. The zero-order valence-electron chi connectivity index (χ0n) is 15.5. The van der Waals surface area contributed by atoms with E-state index in [1.54, 1.807) is 25.1 Å². The molecule has 140 valence electrons. The Labute approximate surface area is 161 Å². The predicted octanol–water partition coefficient (Wildman–Crippen LogP) is 4.12. The molecular formula is C20H18N6O2. The molecule has 0 bridgehead atoms. The van der Waals surface area contributed by atoms with Crippen LogP contribution < -0.4 is 9.47 Å². The second-order valence-corrected chi connectivity index (χ2v) is 5.90. The number of rotatable bonds is 6. The number of benzene rings is 2. The summed E-state index contributed by atoms with van der Waals surface area (Å²) >= 11 is 0. The second-order valence-electron chi connectivity index (χ2n) is 5.90. The molecule has 0 spiro atoms. The van der Waals surface area contributed by atoms with E-state index in [4.69, 9.17) is 9.47 Å². The van der Waals surface area contributed by atoms with Crippen molar-refractivity contribution in [3.05, 3.63) is 66.6 Å². The van der Waals surface area contributed by atoms with Gasteiger partial charge in [-0.2, -0.15) is 10.2 Å². The van der Waals surface area contributed by atoms with E-state index in [0.717, 1.165) is 22.7 Å². The van der Waals surface area contributed by atoms with Gasteiger partial charge in [0.15, 0.2) is 11.5 Å². The highest BCUT2D eigenvalue weighted by Crippen LogP contribution is 2.26. The Kier molecular flexibility index (Phi) is 4.92. The van der Waals surface area contributed by atoms with E-state index < -0.39 is 0 Å². The van der Waals surface area contributed by atoms with Crippen molar-refractivity contribution in [2.45, 2.75) is 6.54 Å². The first-order valence-corrected chi connectivity index (χ1v) is 8.62. The summed E-state index contributed by atoms with van der Waals surface area (Å²) in [6, 6.07) is 15.3. The van der Waals surface area contributed by atoms with E-state index in [1.807, 2.05) is 48.5 Å². The van der Waals surface area contributed by atoms with Crippen LogP contribution in [0.2, 0.25) is 0 Å². The molecule has 8 nitrogen and oxygen atoms in total. The van der Waals surface area contributed by atoms with Gasteiger partial charge in [-0.05, 0) is 18.2 Å². The van der Waals surface area contributed by atoms with E-state index in [9.17, 15) is 0 Å². The molecule has 0 saturated carbocycles. The molecule has 0 aliphatic rings. The molecule has 0 aliphatic carbocycles. The Morgan fingerprint density at radius 3 is 2.75 bits per heavy atom. The number of nitrogens with zero attached hydrogens (tertiary/aromatic N) is 6. The summed E-state index contributed by atoms with van der Waals surface area (Å²) in [4.78, 5) is 8.59. The number of ether oxygens (including phenoxy) is 2. The van der Waals surface area contributed by atoms with Crippen LogP contribution in [0.4, 0.5) is 5.82 Å². The maximum atomic E-state index is 5.34. The molecule has 2 aromatic heterocycles. The number of azo groups is 1. The largest absolute Gasteiger partial charge is 0.497 e. The van der Waals surface area contributed by atoms with Crippen LogP contribution in [0.25, 0.3) is 16.7 Å². The minimum Gasteiger partial charge on any atom is -0.497 e. The highest BCUT2D eigenvalue weighted by atomic mass is 16.5.